The molecule has 23 heavy (non-hydrogen) atoms. The first-order valence-corrected chi connectivity index (χ1v) is 7.94. The van der Waals surface area contributed by atoms with Gasteiger partial charge < -0.3 is 20.7 Å². The van der Waals surface area contributed by atoms with Crippen molar-refractivity contribution in [2.45, 2.75) is 13.0 Å². The van der Waals surface area contributed by atoms with Crippen LogP contribution in [0.3, 0.4) is 0 Å². The van der Waals surface area contributed by atoms with Gasteiger partial charge in [-0.1, -0.05) is 0 Å². The van der Waals surface area contributed by atoms with E-state index in [1.807, 2.05) is 0 Å². The fourth-order valence-electron chi connectivity index (χ4n) is 2.60. The average Bonchev–Trinajstić information content (AvgIpc) is 2.89. The highest BCUT2D eigenvalue weighted by Gasteiger charge is 2.26. The Hall–Kier alpha value is -2.72. The molecule has 3 rings (SSSR count). The van der Waals surface area contributed by atoms with Crippen LogP contribution < -0.4 is 15.8 Å². The number of nitrogens with two attached hydrogens (primary N) is 1. The normalized spacial score (nSPS) is 13.1. The Morgan fingerprint density at radius 2 is 2.17 bits per heavy atom. The van der Waals surface area contributed by atoms with E-state index in [1.165, 1.54) is 11.3 Å². The molecule has 0 atom stereocenters. The van der Waals surface area contributed by atoms with Gasteiger partial charge in [0.25, 0.3) is 0 Å². The van der Waals surface area contributed by atoms with Gasteiger partial charge in [-0.25, -0.2) is 4.79 Å². The number of nitrogen functional groups attached to an aromatic ring is 1. The number of ether oxygens (including phenoxy) is 1. The topological polar surface area (TPSA) is 91.4 Å². The van der Waals surface area contributed by atoms with Gasteiger partial charge in [0.1, 0.15) is 16.8 Å². The van der Waals surface area contributed by atoms with Gasteiger partial charge in [0.05, 0.1) is 19.2 Å². The molecule has 0 spiro atoms. The molecule has 1 aromatic heterocycles. The number of methoxy groups -OCH3 is 1. The summed E-state index contributed by atoms with van der Waals surface area (Å²) in [6, 6.07) is 9.17. The molecule has 118 valence electrons. The molecule has 7 heteroatoms. The second kappa shape index (κ2) is 6.18. The van der Waals surface area contributed by atoms with Crippen LogP contribution >= 0.6 is 11.3 Å². The number of nitrogens with zero attached hydrogens (tertiary/aromatic N) is 2. The van der Waals surface area contributed by atoms with Gasteiger partial charge in [-0.05, 0) is 36.2 Å². The molecule has 3 N–H and O–H groups in total. The minimum Gasteiger partial charge on any atom is -0.497 e. The standard InChI is InChI=1S/C16H16N4O2S/c1-22-11-4-2-10(3-5-11)19-16(21)20-7-6-12-13(8-17)15(18)23-14(12)9-20/h2-5H,6-7,9,18H2,1H3,(H,19,21). The van der Waals surface area contributed by atoms with Gasteiger partial charge >= 0.3 is 6.03 Å². The third kappa shape index (κ3) is 2.94. The van der Waals surface area contributed by atoms with E-state index in [0.29, 0.717) is 35.8 Å². The van der Waals surface area contributed by atoms with Gasteiger partial charge in [-0.15, -0.1) is 11.3 Å². The Balaban J connectivity index is 1.70. The zero-order valence-corrected chi connectivity index (χ0v) is 13.4. The van der Waals surface area contributed by atoms with Crippen LogP contribution in [-0.4, -0.2) is 24.6 Å². The second-order valence-electron chi connectivity index (χ2n) is 5.19. The van der Waals surface area contributed by atoms with Crippen LogP contribution in [-0.2, 0) is 13.0 Å². The summed E-state index contributed by atoms with van der Waals surface area (Å²) >= 11 is 1.39. The Labute approximate surface area is 138 Å². The van der Waals surface area contributed by atoms with Crippen LogP contribution in [0.5, 0.6) is 5.75 Å². The number of carbonyl (C=O) groups is 1. The first-order valence-electron chi connectivity index (χ1n) is 7.12. The van der Waals surface area contributed by atoms with Crippen molar-refractivity contribution < 1.29 is 9.53 Å². The molecule has 1 aliphatic rings. The number of nitriles is 1. The largest absolute Gasteiger partial charge is 0.497 e. The minimum atomic E-state index is -0.161. The molecule has 1 aromatic carbocycles. The Kier molecular flexibility index (Phi) is 4.08. The lowest BCUT2D eigenvalue weighted by atomic mass is 10.0. The predicted octanol–water partition coefficient (Wildman–Crippen LogP) is 2.80. The first-order chi connectivity index (χ1) is 11.1. The van der Waals surface area contributed by atoms with Crippen LogP contribution in [0.2, 0.25) is 0 Å². The smallest absolute Gasteiger partial charge is 0.322 e. The Bertz CT molecular complexity index is 777. The van der Waals surface area contributed by atoms with Crippen LogP contribution in [0, 0.1) is 11.3 Å². The van der Waals surface area contributed by atoms with Crippen molar-refractivity contribution in [2.24, 2.45) is 0 Å². The van der Waals surface area contributed by atoms with E-state index < -0.39 is 0 Å². The second-order valence-corrected chi connectivity index (χ2v) is 6.32. The van der Waals surface area contributed by atoms with Gasteiger partial charge in [0.15, 0.2) is 0 Å². The van der Waals surface area contributed by atoms with Crippen LogP contribution in [0.4, 0.5) is 15.5 Å². The van der Waals surface area contributed by atoms with Crippen molar-refractivity contribution in [1.82, 2.24) is 4.90 Å². The number of carbonyl (C=O) groups excluding carboxylic acids is 1. The highest BCUT2D eigenvalue weighted by molar-refractivity contribution is 7.16. The Morgan fingerprint density at radius 3 is 2.83 bits per heavy atom. The molecule has 0 fully saturated rings. The molecule has 0 saturated carbocycles. The average molecular weight is 328 g/mol. The van der Waals surface area contributed by atoms with Gasteiger partial charge in [0.2, 0.25) is 0 Å². The van der Waals surface area contributed by atoms with Crippen molar-refractivity contribution in [1.29, 1.82) is 5.26 Å². The van der Waals surface area contributed by atoms with Gasteiger partial charge in [-0.3, -0.25) is 0 Å². The molecule has 0 saturated heterocycles. The minimum absolute atomic E-state index is 0.161. The molecule has 2 amide bonds. The van der Waals surface area contributed by atoms with Crippen molar-refractivity contribution in [3.8, 4) is 11.8 Å². The number of amides is 2. The van der Waals surface area contributed by atoms with E-state index in [4.69, 9.17) is 15.7 Å². The number of urea groups is 1. The SMILES string of the molecule is COc1ccc(NC(=O)N2CCc3c(sc(N)c3C#N)C2)cc1. The van der Waals surface area contributed by atoms with E-state index in [1.54, 1.807) is 36.3 Å². The summed E-state index contributed by atoms with van der Waals surface area (Å²) in [5.74, 6) is 0.740. The molecule has 0 aliphatic carbocycles. The number of nitrogens with one attached hydrogen (secondary N) is 1. The first kappa shape index (κ1) is 15.2. The Morgan fingerprint density at radius 1 is 1.43 bits per heavy atom. The maximum atomic E-state index is 12.4. The zero-order chi connectivity index (χ0) is 16.4. The summed E-state index contributed by atoms with van der Waals surface area (Å²) in [5.41, 5.74) is 8.14. The zero-order valence-electron chi connectivity index (χ0n) is 12.6. The summed E-state index contributed by atoms with van der Waals surface area (Å²) in [6.45, 7) is 1.05. The van der Waals surface area contributed by atoms with E-state index in [-0.39, 0.29) is 6.03 Å². The molecule has 1 aliphatic heterocycles. The third-order valence-electron chi connectivity index (χ3n) is 3.82. The van der Waals surface area contributed by atoms with Crippen molar-refractivity contribution in [3.63, 3.8) is 0 Å². The van der Waals surface area contributed by atoms with E-state index in [9.17, 15) is 4.79 Å². The lowest BCUT2D eigenvalue weighted by Gasteiger charge is -2.27. The third-order valence-corrected chi connectivity index (χ3v) is 4.87. The summed E-state index contributed by atoms with van der Waals surface area (Å²) in [4.78, 5) is 15.1. The van der Waals surface area contributed by atoms with Crippen molar-refractivity contribution in [2.75, 3.05) is 24.7 Å². The van der Waals surface area contributed by atoms with Crippen molar-refractivity contribution in [3.05, 3.63) is 40.3 Å². The number of hydrogen-bond acceptors (Lipinski definition) is 5. The number of thiophene rings is 1. The lowest BCUT2D eigenvalue weighted by molar-refractivity contribution is 0.207. The van der Waals surface area contributed by atoms with E-state index >= 15 is 0 Å². The monoisotopic (exact) mass is 328 g/mol. The molecule has 2 heterocycles. The molecule has 0 unspecified atom stereocenters. The summed E-state index contributed by atoms with van der Waals surface area (Å²) in [5, 5.41) is 12.6. The number of fused-ring (bicyclic) bond motifs is 1. The van der Waals surface area contributed by atoms with Gasteiger partial charge in [-0.2, -0.15) is 5.26 Å². The predicted molar refractivity (Wildman–Crippen MR) is 89.6 cm³/mol. The summed E-state index contributed by atoms with van der Waals surface area (Å²) in [7, 11) is 1.60. The van der Waals surface area contributed by atoms with E-state index in [2.05, 4.69) is 11.4 Å². The molecule has 0 bridgehead atoms. The molecular weight excluding hydrogens is 312 g/mol. The van der Waals surface area contributed by atoms with Crippen LogP contribution in [0.25, 0.3) is 0 Å². The van der Waals surface area contributed by atoms with Gasteiger partial charge in [0, 0.05) is 17.1 Å². The number of benzene rings is 1. The fraction of sp³-hybridized carbons (Fsp3) is 0.250. The van der Waals surface area contributed by atoms with Crippen molar-refractivity contribution >= 4 is 28.1 Å². The lowest BCUT2D eigenvalue weighted by Crippen LogP contribution is -2.38. The van der Waals surface area contributed by atoms with E-state index in [0.717, 1.165) is 16.2 Å². The van der Waals surface area contributed by atoms with Crippen LogP contribution in [0.1, 0.15) is 16.0 Å². The fourth-order valence-corrected chi connectivity index (χ4v) is 3.68. The maximum Gasteiger partial charge on any atom is 0.322 e. The molecule has 6 nitrogen and oxygen atoms in total. The quantitative estimate of drug-likeness (QED) is 0.887. The summed E-state index contributed by atoms with van der Waals surface area (Å²) in [6.07, 6.45) is 0.655. The number of hydrogen-bond donors (Lipinski definition) is 2. The molecule has 2 aromatic rings. The highest BCUT2D eigenvalue weighted by Crippen LogP contribution is 2.34. The maximum absolute atomic E-state index is 12.4. The molecular formula is C16H16N4O2S. The van der Waals surface area contributed by atoms with Crippen LogP contribution in [0.15, 0.2) is 24.3 Å². The number of rotatable bonds is 2. The highest BCUT2D eigenvalue weighted by atomic mass is 32.1. The summed E-state index contributed by atoms with van der Waals surface area (Å²) < 4.78 is 5.09. The molecule has 0 radical (unpaired) electrons. The number of anilines is 2.